The van der Waals surface area contributed by atoms with Crippen LogP contribution in [0.3, 0.4) is 0 Å². The van der Waals surface area contributed by atoms with Gasteiger partial charge >= 0.3 is 0 Å². The molecule has 6 nitrogen and oxygen atoms in total. The highest BCUT2D eigenvalue weighted by Gasteiger charge is 2.38. The molecule has 0 aromatic heterocycles. The molecule has 6 heteroatoms. The van der Waals surface area contributed by atoms with Crippen LogP contribution in [0.4, 0.5) is 0 Å². The fourth-order valence-electron chi connectivity index (χ4n) is 1.63. The lowest BCUT2D eigenvalue weighted by Gasteiger charge is -2.27. The Morgan fingerprint density at radius 2 is 2.07 bits per heavy atom. The van der Waals surface area contributed by atoms with E-state index in [1.807, 2.05) is 0 Å². The summed E-state index contributed by atoms with van der Waals surface area (Å²) in [5.74, 6) is -0.546. The molecule has 82 valence electrons. The van der Waals surface area contributed by atoms with E-state index in [9.17, 15) is 14.7 Å². The Morgan fingerprint density at radius 3 is 2.67 bits per heavy atom. The smallest absolute Gasteiger partial charge is 0.249 e. The lowest BCUT2D eigenvalue weighted by atomic mass is 10.2. The van der Waals surface area contributed by atoms with Gasteiger partial charge in [-0.25, -0.2) is 0 Å². The second kappa shape index (κ2) is 3.73. The van der Waals surface area contributed by atoms with Crippen LogP contribution in [-0.2, 0) is 14.3 Å². The van der Waals surface area contributed by atoms with Crippen molar-refractivity contribution in [2.75, 3.05) is 6.54 Å². The molecule has 0 aromatic rings. The van der Waals surface area contributed by atoms with Gasteiger partial charge in [-0.3, -0.25) is 9.59 Å². The second-order valence-electron chi connectivity index (χ2n) is 3.55. The molecule has 0 spiro atoms. The summed E-state index contributed by atoms with van der Waals surface area (Å²) >= 11 is 0. The predicted octanol–water partition coefficient (Wildman–Crippen LogP) is -1.62. The molecule has 0 aromatic carbocycles. The van der Waals surface area contributed by atoms with E-state index in [1.165, 1.54) is 11.0 Å². The third-order valence-corrected chi connectivity index (χ3v) is 2.44. The predicted molar refractivity (Wildman–Crippen MR) is 47.4 cm³/mol. The third-order valence-electron chi connectivity index (χ3n) is 2.44. The van der Waals surface area contributed by atoms with Crippen molar-refractivity contribution in [3.63, 3.8) is 0 Å². The molecule has 0 radical (unpaired) electrons. The summed E-state index contributed by atoms with van der Waals surface area (Å²) in [6.07, 6.45) is -0.537. The number of nitrogens with zero attached hydrogens (tertiary/aromatic N) is 1. The van der Waals surface area contributed by atoms with Gasteiger partial charge in [-0.1, -0.05) is 0 Å². The average molecular weight is 213 g/mol. The van der Waals surface area contributed by atoms with Crippen LogP contribution in [0.1, 0.15) is 6.42 Å². The van der Waals surface area contributed by atoms with Gasteiger partial charge in [0.05, 0.1) is 6.54 Å². The molecule has 0 unspecified atom stereocenters. The fourth-order valence-corrected chi connectivity index (χ4v) is 1.63. The highest BCUT2D eigenvalue weighted by molar-refractivity contribution is 6.04. The molecule has 2 heterocycles. The lowest BCUT2D eigenvalue weighted by molar-refractivity contribution is -0.168. The molecule has 0 aliphatic carbocycles. The summed E-state index contributed by atoms with van der Waals surface area (Å²) < 4.78 is 4.96. The number of aliphatic hydroxyl groups is 2. The largest absolute Gasteiger partial charge is 0.388 e. The van der Waals surface area contributed by atoms with Gasteiger partial charge in [0, 0.05) is 12.5 Å². The summed E-state index contributed by atoms with van der Waals surface area (Å²) in [6, 6.07) is 0. The monoisotopic (exact) mass is 213 g/mol. The topological polar surface area (TPSA) is 87.1 Å². The van der Waals surface area contributed by atoms with Crippen LogP contribution in [0.15, 0.2) is 12.2 Å². The highest BCUT2D eigenvalue weighted by Crippen LogP contribution is 2.22. The quantitative estimate of drug-likeness (QED) is 0.546. The van der Waals surface area contributed by atoms with Crippen molar-refractivity contribution < 1.29 is 24.5 Å². The summed E-state index contributed by atoms with van der Waals surface area (Å²) in [7, 11) is 0. The van der Waals surface area contributed by atoms with E-state index in [0.717, 1.165) is 6.08 Å². The second-order valence-corrected chi connectivity index (χ2v) is 3.55. The summed E-state index contributed by atoms with van der Waals surface area (Å²) in [4.78, 5) is 23.7. The first-order valence-electron chi connectivity index (χ1n) is 4.61. The first-order valence-corrected chi connectivity index (χ1v) is 4.61. The maximum atomic E-state index is 11.4. The van der Waals surface area contributed by atoms with Crippen LogP contribution in [0.25, 0.3) is 0 Å². The molecule has 2 N–H and O–H groups in total. The number of carbonyl (C=O) groups is 2. The zero-order chi connectivity index (χ0) is 11.0. The Bertz CT molecular complexity index is 316. The van der Waals surface area contributed by atoms with Crippen molar-refractivity contribution in [3.05, 3.63) is 12.2 Å². The number of aliphatic hydroxyl groups excluding tert-OH is 2. The van der Waals surface area contributed by atoms with Crippen molar-refractivity contribution >= 4 is 11.7 Å². The molecule has 2 aliphatic rings. The Morgan fingerprint density at radius 1 is 1.33 bits per heavy atom. The number of hydrogen-bond acceptors (Lipinski definition) is 5. The first-order chi connectivity index (χ1) is 7.08. The number of ether oxygens (including phenoxy) is 1. The molecule has 0 saturated carbocycles. The summed E-state index contributed by atoms with van der Waals surface area (Å²) in [5, 5.41) is 18.4. The minimum absolute atomic E-state index is 0.0700. The van der Waals surface area contributed by atoms with Crippen molar-refractivity contribution in [2.24, 2.45) is 0 Å². The Kier molecular flexibility index (Phi) is 2.56. The minimum atomic E-state index is -1.29. The first kappa shape index (κ1) is 10.3. The maximum absolute atomic E-state index is 11.4. The molecule has 1 saturated heterocycles. The van der Waals surface area contributed by atoms with Crippen LogP contribution in [0.2, 0.25) is 0 Å². The molecular weight excluding hydrogens is 202 g/mol. The zero-order valence-corrected chi connectivity index (χ0v) is 7.87. The van der Waals surface area contributed by atoms with Crippen molar-refractivity contribution in [1.82, 2.24) is 4.90 Å². The van der Waals surface area contributed by atoms with Crippen molar-refractivity contribution in [3.8, 4) is 0 Å². The molecule has 0 bridgehead atoms. The van der Waals surface area contributed by atoms with Gasteiger partial charge in [0.2, 0.25) is 5.91 Å². The SMILES string of the molecule is O=C1C=CC(=O)N([C@H]2C[C@H](O)[C@H](O)O2)C1. The van der Waals surface area contributed by atoms with E-state index in [0.29, 0.717) is 0 Å². The molecular formula is C9H11NO5. The van der Waals surface area contributed by atoms with E-state index in [2.05, 4.69) is 0 Å². The Balaban J connectivity index is 2.08. The van der Waals surface area contributed by atoms with Crippen LogP contribution >= 0.6 is 0 Å². The van der Waals surface area contributed by atoms with Crippen LogP contribution in [0.5, 0.6) is 0 Å². The number of hydrogen-bond donors (Lipinski definition) is 2. The van der Waals surface area contributed by atoms with E-state index >= 15 is 0 Å². The Hall–Kier alpha value is -1.24. The minimum Gasteiger partial charge on any atom is -0.388 e. The van der Waals surface area contributed by atoms with Crippen molar-refractivity contribution in [2.45, 2.75) is 25.0 Å². The standard InChI is InChI=1S/C9H11NO5/c11-5-1-2-7(13)10(4-5)8-3-6(12)9(14)15-8/h1-2,6,8-9,12,14H,3-4H2/t6-,8+,9+/m0/s1. The van der Waals surface area contributed by atoms with Gasteiger partial charge in [0.25, 0.3) is 0 Å². The average Bonchev–Trinajstić information content (AvgIpc) is 2.51. The third kappa shape index (κ3) is 1.92. The maximum Gasteiger partial charge on any atom is 0.249 e. The van der Waals surface area contributed by atoms with Gasteiger partial charge < -0.3 is 19.8 Å². The van der Waals surface area contributed by atoms with E-state index in [-0.39, 0.29) is 24.7 Å². The Labute approximate surface area is 85.7 Å². The van der Waals surface area contributed by atoms with E-state index < -0.39 is 18.6 Å². The molecule has 1 fully saturated rings. The van der Waals surface area contributed by atoms with Crippen molar-refractivity contribution in [1.29, 1.82) is 0 Å². The normalized spacial score (nSPS) is 36.4. The molecule has 2 rings (SSSR count). The van der Waals surface area contributed by atoms with Gasteiger partial charge in [-0.05, 0) is 6.08 Å². The zero-order valence-electron chi connectivity index (χ0n) is 7.87. The van der Waals surface area contributed by atoms with E-state index in [1.54, 1.807) is 0 Å². The highest BCUT2D eigenvalue weighted by atomic mass is 16.6. The van der Waals surface area contributed by atoms with E-state index in [4.69, 9.17) is 9.84 Å². The van der Waals surface area contributed by atoms with Crippen LogP contribution < -0.4 is 0 Å². The summed E-state index contributed by atoms with van der Waals surface area (Å²) in [6.45, 7) is -0.0700. The van der Waals surface area contributed by atoms with Gasteiger partial charge in [0.1, 0.15) is 12.3 Å². The summed E-state index contributed by atoms with van der Waals surface area (Å²) in [5.41, 5.74) is 0. The number of amides is 1. The molecule has 1 amide bonds. The molecule has 2 aliphatic heterocycles. The van der Waals surface area contributed by atoms with Gasteiger partial charge in [-0.15, -0.1) is 0 Å². The molecule has 3 atom stereocenters. The molecule has 15 heavy (non-hydrogen) atoms. The van der Waals surface area contributed by atoms with Crippen LogP contribution in [-0.4, -0.2) is 52.0 Å². The number of rotatable bonds is 1. The fraction of sp³-hybridized carbons (Fsp3) is 0.556. The van der Waals surface area contributed by atoms with Crippen LogP contribution in [0, 0.1) is 0 Å². The number of ketones is 1. The van der Waals surface area contributed by atoms with Gasteiger partial charge in [-0.2, -0.15) is 0 Å². The van der Waals surface area contributed by atoms with Gasteiger partial charge in [0.15, 0.2) is 12.1 Å². The number of carbonyl (C=O) groups excluding carboxylic acids is 2. The lowest BCUT2D eigenvalue weighted by Crippen LogP contribution is -2.44.